The molecular formula is C13H14N2O3S. The summed E-state index contributed by atoms with van der Waals surface area (Å²) < 4.78 is 15.3. The molecule has 5 atom stereocenters. The van der Waals surface area contributed by atoms with Crippen LogP contribution in [0.3, 0.4) is 0 Å². The first-order valence-electron chi connectivity index (χ1n) is 6.60. The highest BCUT2D eigenvalue weighted by Crippen LogP contribution is 2.58. The highest BCUT2D eigenvalue weighted by Gasteiger charge is 2.53. The van der Waals surface area contributed by atoms with Gasteiger partial charge < -0.3 is 4.72 Å². The number of fused-ring (bicyclic) bond motifs is 7. The molecular weight excluding hydrogens is 264 g/mol. The molecule has 0 amide bonds. The van der Waals surface area contributed by atoms with Crippen molar-refractivity contribution in [3.63, 3.8) is 0 Å². The topological polar surface area (TPSA) is 72.2 Å². The Morgan fingerprint density at radius 2 is 2.11 bits per heavy atom. The van der Waals surface area contributed by atoms with Gasteiger partial charge in [0.25, 0.3) is 5.69 Å². The van der Waals surface area contributed by atoms with Gasteiger partial charge in [-0.1, -0.05) is 0 Å². The molecule has 100 valence electrons. The maximum Gasteiger partial charge on any atom is 0.269 e. The summed E-state index contributed by atoms with van der Waals surface area (Å²) in [7, 11) is -1.04. The molecule has 0 aromatic heterocycles. The number of non-ortho nitro benzene ring substituents is 1. The van der Waals surface area contributed by atoms with E-state index in [9.17, 15) is 14.3 Å². The summed E-state index contributed by atoms with van der Waals surface area (Å²) in [5.74, 6) is 1.33. The Kier molecular flexibility index (Phi) is 2.27. The summed E-state index contributed by atoms with van der Waals surface area (Å²) in [6.45, 7) is 0. The van der Waals surface area contributed by atoms with Crippen molar-refractivity contribution >= 4 is 22.4 Å². The van der Waals surface area contributed by atoms with Crippen LogP contribution in [-0.4, -0.2) is 14.4 Å². The second-order valence-electron chi connectivity index (χ2n) is 5.75. The Hall–Kier alpha value is -1.43. The van der Waals surface area contributed by atoms with E-state index in [1.165, 1.54) is 12.5 Å². The second-order valence-corrected chi connectivity index (χ2v) is 7.10. The molecule has 1 heterocycles. The summed E-state index contributed by atoms with van der Waals surface area (Å²) in [5, 5.41) is 11.1. The summed E-state index contributed by atoms with van der Waals surface area (Å²) in [6, 6.07) is 4.86. The summed E-state index contributed by atoms with van der Waals surface area (Å²) in [4.78, 5) is 10.6. The number of hydrogen-bond acceptors (Lipinski definition) is 3. The van der Waals surface area contributed by atoms with Gasteiger partial charge in [0.2, 0.25) is 0 Å². The lowest BCUT2D eigenvalue weighted by atomic mass is 9.82. The van der Waals surface area contributed by atoms with Crippen molar-refractivity contribution in [1.29, 1.82) is 0 Å². The number of nitro groups is 1. The van der Waals surface area contributed by atoms with Crippen LogP contribution in [0.1, 0.15) is 30.7 Å². The zero-order chi connectivity index (χ0) is 13.1. The molecule has 1 aromatic carbocycles. The van der Waals surface area contributed by atoms with Gasteiger partial charge in [0, 0.05) is 18.1 Å². The van der Waals surface area contributed by atoms with Crippen LogP contribution in [0.4, 0.5) is 11.4 Å². The van der Waals surface area contributed by atoms with Gasteiger partial charge in [-0.05, 0) is 42.7 Å². The highest BCUT2D eigenvalue weighted by molar-refractivity contribution is 7.87. The first-order valence-corrected chi connectivity index (χ1v) is 7.82. The van der Waals surface area contributed by atoms with E-state index in [2.05, 4.69) is 4.72 Å². The van der Waals surface area contributed by atoms with Gasteiger partial charge in [0.1, 0.15) is 11.0 Å². The molecule has 0 saturated heterocycles. The lowest BCUT2D eigenvalue weighted by Gasteiger charge is -2.36. The number of nitro benzene ring substituents is 1. The van der Waals surface area contributed by atoms with Crippen LogP contribution in [0.25, 0.3) is 0 Å². The summed E-state index contributed by atoms with van der Waals surface area (Å²) in [6.07, 6.45) is 3.46. The van der Waals surface area contributed by atoms with Crippen LogP contribution in [0.15, 0.2) is 18.2 Å². The molecule has 5 nitrogen and oxygen atoms in total. The van der Waals surface area contributed by atoms with Crippen LogP contribution in [0, 0.1) is 22.0 Å². The Morgan fingerprint density at radius 3 is 2.89 bits per heavy atom. The molecule has 2 bridgehead atoms. The number of benzene rings is 1. The minimum Gasteiger partial charge on any atom is -0.305 e. The third kappa shape index (κ3) is 1.49. The fraction of sp³-hybridized carbons (Fsp3) is 0.538. The zero-order valence-electron chi connectivity index (χ0n) is 10.2. The quantitative estimate of drug-likeness (QED) is 0.634. The molecule has 0 spiro atoms. The number of nitrogens with zero attached hydrogens (tertiary/aromatic N) is 1. The van der Waals surface area contributed by atoms with Crippen LogP contribution >= 0.6 is 0 Å². The van der Waals surface area contributed by atoms with E-state index in [1.54, 1.807) is 12.1 Å². The number of hydrogen-bond donors (Lipinski definition) is 1. The van der Waals surface area contributed by atoms with E-state index in [0.29, 0.717) is 11.8 Å². The molecule has 0 radical (unpaired) electrons. The molecule has 2 saturated carbocycles. The van der Waals surface area contributed by atoms with Gasteiger partial charge in [0.15, 0.2) is 0 Å². The lowest BCUT2D eigenvalue weighted by Crippen LogP contribution is -2.37. The first kappa shape index (κ1) is 11.4. The minimum absolute atomic E-state index is 0.134. The molecule has 1 N–H and O–H groups in total. The molecule has 4 rings (SSSR count). The number of anilines is 1. The van der Waals surface area contributed by atoms with E-state index in [-0.39, 0.29) is 21.8 Å². The molecule has 2 fully saturated rings. The van der Waals surface area contributed by atoms with Crippen molar-refractivity contribution in [3.8, 4) is 0 Å². The van der Waals surface area contributed by atoms with Crippen molar-refractivity contribution in [2.75, 3.05) is 4.72 Å². The predicted octanol–water partition coefficient (Wildman–Crippen LogP) is 2.57. The Bertz CT molecular complexity index is 604. The van der Waals surface area contributed by atoms with Gasteiger partial charge in [-0.15, -0.1) is 0 Å². The fourth-order valence-corrected chi connectivity index (χ4v) is 5.96. The monoisotopic (exact) mass is 278 g/mol. The highest BCUT2D eigenvalue weighted by atomic mass is 32.2. The second kappa shape index (κ2) is 3.79. The zero-order valence-corrected chi connectivity index (χ0v) is 11.1. The van der Waals surface area contributed by atoms with Crippen molar-refractivity contribution in [2.24, 2.45) is 11.8 Å². The maximum absolute atomic E-state index is 12.3. The van der Waals surface area contributed by atoms with Crippen LogP contribution < -0.4 is 4.72 Å². The van der Waals surface area contributed by atoms with Gasteiger partial charge in [-0.2, -0.15) is 0 Å². The van der Waals surface area contributed by atoms with Gasteiger partial charge in [-0.25, -0.2) is 4.21 Å². The van der Waals surface area contributed by atoms with Crippen molar-refractivity contribution in [3.05, 3.63) is 33.9 Å². The SMILES string of the molecule is O=[N+]([O-])c1ccc2c(c1)C1C3CCC(C3)C1S(=O)N2. The van der Waals surface area contributed by atoms with Crippen molar-refractivity contribution in [2.45, 2.75) is 30.4 Å². The average molecular weight is 278 g/mol. The fourth-order valence-electron chi connectivity index (χ4n) is 4.19. The average Bonchev–Trinajstić information content (AvgIpc) is 2.99. The predicted molar refractivity (Wildman–Crippen MR) is 72.2 cm³/mol. The molecule has 6 heteroatoms. The Labute approximate surface area is 113 Å². The summed E-state index contributed by atoms with van der Waals surface area (Å²) in [5.41, 5.74) is 1.96. The van der Waals surface area contributed by atoms with E-state index in [0.717, 1.165) is 24.1 Å². The normalized spacial score (nSPS) is 38.4. The smallest absolute Gasteiger partial charge is 0.269 e. The minimum atomic E-state index is -1.04. The molecule has 5 unspecified atom stereocenters. The van der Waals surface area contributed by atoms with Gasteiger partial charge in [-0.3, -0.25) is 10.1 Å². The largest absolute Gasteiger partial charge is 0.305 e. The first-order chi connectivity index (χ1) is 9.15. The van der Waals surface area contributed by atoms with Crippen LogP contribution in [-0.2, 0) is 11.0 Å². The third-order valence-corrected chi connectivity index (χ3v) is 6.50. The van der Waals surface area contributed by atoms with Crippen LogP contribution in [0.2, 0.25) is 0 Å². The molecule has 19 heavy (non-hydrogen) atoms. The van der Waals surface area contributed by atoms with E-state index in [1.807, 2.05) is 0 Å². The summed E-state index contributed by atoms with van der Waals surface area (Å²) >= 11 is 0. The third-order valence-electron chi connectivity index (χ3n) is 4.90. The van der Waals surface area contributed by atoms with E-state index in [4.69, 9.17) is 0 Å². The van der Waals surface area contributed by atoms with Crippen LogP contribution in [0.5, 0.6) is 0 Å². The molecule has 2 aliphatic carbocycles. The number of rotatable bonds is 1. The lowest BCUT2D eigenvalue weighted by molar-refractivity contribution is -0.384. The molecule has 1 aromatic rings. The standard InChI is InChI=1S/C13H14N2O3S/c16-15(17)9-3-4-11-10(6-9)12-7-1-2-8(5-7)13(12)19(18)14-11/h3-4,6-8,12-14H,1-2,5H2. The van der Waals surface area contributed by atoms with Crippen molar-refractivity contribution in [1.82, 2.24) is 0 Å². The Balaban J connectivity index is 1.85. The van der Waals surface area contributed by atoms with Gasteiger partial charge in [0.05, 0.1) is 15.9 Å². The van der Waals surface area contributed by atoms with E-state index >= 15 is 0 Å². The maximum atomic E-state index is 12.3. The van der Waals surface area contributed by atoms with Crippen molar-refractivity contribution < 1.29 is 9.13 Å². The number of nitrogens with one attached hydrogen (secondary N) is 1. The molecule has 3 aliphatic rings. The molecule has 1 aliphatic heterocycles. The van der Waals surface area contributed by atoms with Gasteiger partial charge >= 0.3 is 0 Å². The Morgan fingerprint density at radius 1 is 1.32 bits per heavy atom. The van der Waals surface area contributed by atoms with E-state index < -0.39 is 11.0 Å².